The number of nitrogens with two attached hydrogens (primary N) is 1. The summed E-state index contributed by atoms with van der Waals surface area (Å²) in [7, 11) is 0. The van der Waals surface area contributed by atoms with Gasteiger partial charge in [-0.1, -0.05) is 65.5 Å². The Labute approximate surface area is 255 Å². The van der Waals surface area contributed by atoms with Crippen LogP contribution in [0.3, 0.4) is 0 Å². The Morgan fingerprint density at radius 2 is 1.90 bits per heavy atom. The Bertz CT molecular complexity index is 969. The van der Waals surface area contributed by atoms with E-state index in [4.69, 9.17) is 15.7 Å². The zero-order valence-electron chi connectivity index (χ0n) is 27.2. The average Bonchev–Trinajstić information content (AvgIpc) is 3.31. The van der Waals surface area contributed by atoms with Crippen LogP contribution in [0.5, 0.6) is 0 Å². The molecule has 0 aromatic rings. The summed E-state index contributed by atoms with van der Waals surface area (Å²) in [5.74, 6) is 4.61. The van der Waals surface area contributed by atoms with Gasteiger partial charge in [-0.3, -0.25) is 4.79 Å². The van der Waals surface area contributed by atoms with Gasteiger partial charge in [0.1, 0.15) is 6.10 Å². The third-order valence-corrected chi connectivity index (χ3v) is 12.3. The molecular formula is C34H60N4O4. The second kappa shape index (κ2) is 14.3. The largest absolute Gasteiger partial charge is 0.569 e. The van der Waals surface area contributed by atoms with Gasteiger partial charge in [0.2, 0.25) is 5.28 Å². The minimum absolute atomic E-state index is 0.0890. The number of nitrogens with zero attached hydrogens (tertiary/aromatic N) is 3. The Morgan fingerprint density at radius 3 is 2.62 bits per heavy atom. The van der Waals surface area contributed by atoms with Crippen molar-refractivity contribution in [2.24, 2.45) is 57.3 Å². The van der Waals surface area contributed by atoms with Crippen LogP contribution in [0.25, 0.3) is 0 Å². The Hall–Kier alpha value is -1.83. The highest BCUT2D eigenvalue weighted by molar-refractivity contribution is 5.69. The molecule has 0 aromatic heterocycles. The topological polar surface area (TPSA) is 114 Å². The van der Waals surface area contributed by atoms with E-state index in [-0.39, 0.29) is 35.4 Å². The smallest absolute Gasteiger partial charge is 0.308 e. The fourth-order valence-electron chi connectivity index (χ4n) is 10.00. The fourth-order valence-corrected chi connectivity index (χ4v) is 10.00. The first kappa shape index (κ1) is 33.1. The number of carbonyl (C=O) groups is 1. The van der Waals surface area contributed by atoms with Crippen LogP contribution in [0.4, 0.5) is 0 Å². The number of hydrogen-bond donors (Lipinski definition) is 2. The van der Waals surface area contributed by atoms with Gasteiger partial charge in [0, 0.05) is 6.42 Å². The molecule has 0 amide bonds. The van der Waals surface area contributed by atoms with E-state index in [2.05, 4.69) is 46.0 Å². The first-order chi connectivity index (χ1) is 20.0. The molecule has 3 saturated carbocycles. The van der Waals surface area contributed by atoms with Crippen molar-refractivity contribution in [1.82, 2.24) is 5.01 Å². The van der Waals surface area contributed by atoms with Crippen LogP contribution < -0.4 is 5.73 Å². The standard InChI is InChI=1S/C34H60N4O4/c1-24(2)9-8-10-25(3)29-13-14-30-28-12-11-26-23-27(15-18-33(26,4)31(28)16-19-34(29,30)5)42-32(39)17-22-37(38(41)36-40)21-7-6-20-35/h11,24-25,27-31,40H,6-10,12-23,35H2,1-5H3/t25-,27+,28+,29-,30+,31+,33+,34-/m1/s1. The fraction of sp³-hybridized carbons (Fsp3) is 0.912. The van der Waals surface area contributed by atoms with Crippen LogP contribution in [-0.2, 0) is 9.53 Å². The number of esters is 1. The maximum atomic E-state index is 12.8. The third-order valence-electron chi connectivity index (χ3n) is 12.3. The summed E-state index contributed by atoms with van der Waals surface area (Å²) in [4.78, 5) is 12.9. The van der Waals surface area contributed by atoms with E-state index >= 15 is 0 Å². The molecule has 4 aliphatic rings. The number of unbranched alkanes of at least 4 members (excludes halogenated alkanes) is 1. The van der Waals surface area contributed by atoms with Crippen LogP contribution in [0.2, 0.25) is 0 Å². The van der Waals surface area contributed by atoms with Crippen molar-refractivity contribution in [3.63, 3.8) is 0 Å². The molecule has 42 heavy (non-hydrogen) atoms. The molecular weight excluding hydrogens is 528 g/mol. The van der Waals surface area contributed by atoms with E-state index in [1.807, 2.05) is 0 Å². The molecule has 8 nitrogen and oxygen atoms in total. The molecule has 0 bridgehead atoms. The van der Waals surface area contributed by atoms with Crippen molar-refractivity contribution < 1.29 is 19.7 Å². The first-order valence-electron chi connectivity index (χ1n) is 17.2. The molecule has 0 radical (unpaired) electrons. The summed E-state index contributed by atoms with van der Waals surface area (Å²) in [6, 6.07) is 0. The normalized spacial score (nSPS) is 35.2. The second-order valence-electron chi connectivity index (χ2n) is 15.2. The monoisotopic (exact) mass is 588 g/mol. The minimum Gasteiger partial charge on any atom is -0.569 e. The van der Waals surface area contributed by atoms with Crippen LogP contribution in [-0.4, -0.2) is 46.9 Å². The average molecular weight is 589 g/mol. The van der Waals surface area contributed by atoms with Crippen molar-refractivity contribution in [2.45, 2.75) is 131 Å². The zero-order valence-corrected chi connectivity index (χ0v) is 27.2. The van der Waals surface area contributed by atoms with Crippen LogP contribution >= 0.6 is 0 Å². The van der Waals surface area contributed by atoms with Crippen molar-refractivity contribution in [3.8, 4) is 0 Å². The number of hydrazine groups is 1. The van der Waals surface area contributed by atoms with Gasteiger partial charge in [-0.05, 0) is 111 Å². The first-order valence-corrected chi connectivity index (χ1v) is 17.2. The minimum atomic E-state index is -0.291. The lowest BCUT2D eigenvalue weighted by Crippen LogP contribution is -2.51. The Kier molecular flexibility index (Phi) is 11.3. The summed E-state index contributed by atoms with van der Waals surface area (Å²) in [5.41, 5.74) is 7.78. The van der Waals surface area contributed by atoms with Gasteiger partial charge in [0.05, 0.1) is 24.5 Å². The van der Waals surface area contributed by atoms with Gasteiger partial charge < -0.3 is 20.9 Å². The Morgan fingerprint density at radius 1 is 1.12 bits per heavy atom. The van der Waals surface area contributed by atoms with E-state index < -0.39 is 0 Å². The highest BCUT2D eigenvalue weighted by Crippen LogP contribution is 2.67. The van der Waals surface area contributed by atoms with Crippen molar-refractivity contribution in [1.29, 1.82) is 0 Å². The molecule has 0 aliphatic heterocycles. The van der Waals surface area contributed by atoms with E-state index in [9.17, 15) is 10.0 Å². The lowest BCUT2D eigenvalue weighted by atomic mass is 9.47. The van der Waals surface area contributed by atoms with Gasteiger partial charge in [-0.15, -0.1) is 5.01 Å². The number of fused-ring (bicyclic) bond motifs is 5. The highest BCUT2D eigenvalue weighted by atomic mass is 16.6. The van der Waals surface area contributed by atoms with Crippen molar-refractivity contribution >= 4 is 5.97 Å². The quantitative estimate of drug-likeness (QED) is 0.0538. The maximum Gasteiger partial charge on any atom is 0.308 e. The predicted octanol–water partition coefficient (Wildman–Crippen LogP) is 7.64. The third kappa shape index (κ3) is 7.10. The highest BCUT2D eigenvalue weighted by Gasteiger charge is 2.59. The van der Waals surface area contributed by atoms with Gasteiger partial charge in [0.15, 0.2) is 0 Å². The molecule has 3 N–H and O–H groups in total. The number of rotatable bonds is 14. The van der Waals surface area contributed by atoms with Crippen LogP contribution in [0.1, 0.15) is 125 Å². The molecule has 240 valence electrons. The van der Waals surface area contributed by atoms with E-state index in [0.29, 0.717) is 24.9 Å². The molecule has 8 atom stereocenters. The van der Waals surface area contributed by atoms with Crippen molar-refractivity contribution in [3.05, 3.63) is 16.9 Å². The van der Waals surface area contributed by atoms with Crippen LogP contribution in [0, 0.1) is 51.5 Å². The zero-order chi connectivity index (χ0) is 30.5. The van der Waals surface area contributed by atoms with Gasteiger partial charge in [-0.25, -0.2) is 0 Å². The van der Waals surface area contributed by atoms with Gasteiger partial charge in [0.25, 0.3) is 0 Å². The lowest BCUT2D eigenvalue weighted by Gasteiger charge is -2.58. The second-order valence-corrected chi connectivity index (χ2v) is 15.2. The lowest BCUT2D eigenvalue weighted by molar-refractivity contribution is -0.709. The predicted molar refractivity (Wildman–Crippen MR) is 165 cm³/mol. The molecule has 0 saturated heterocycles. The summed E-state index contributed by atoms with van der Waals surface area (Å²) >= 11 is 0. The molecule has 0 unspecified atom stereocenters. The molecule has 0 spiro atoms. The number of allylic oxidation sites excluding steroid dienone is 1. The summed E-state index contributed by atoms with van der Waals surface area (Å²) in [6.45, 7) is 13.5. The maximum absolute atomic E-state index is 12.8. The number of hydrogen-bond acceptors (Lipinski definition) is 5. The molecule has 3 fully saturated rings. The Balaban J connectivity index is 1.33. The molecule has 0 heterocycles. The van der Waals surface area contributed by atoms with Gasteiger partial charge in [-0.2, -0.15) is 0 Å². The summed E-state index contributed by atoms with van der Waals surface area (Å²) in [6.07, 6.45) is 17.7. The molecule has 8 heteroatoms. The van der Waals surface area contributed by atoms with Gasteiger partial charge >= 0.3 is 5.97 Å². The molecule has 0 aromatic carbocycles. The summed E-state index contributed by atoms with van der Waals surface area (Å²) < 4.78 is 5.94. The van der Waals surface area contributed by atoms with E-state index in [0.717, 1.165) is 61.2 Å². The van der Waals surface area contributed by atoms with E-state index in [1.165, 1.54) is 61.9 Å². The SMILES string of the molecule is CC(C)CCC[C@@H](C)[C@H]1CC[C@H]2[C@@H]3CC=C4C[C@@H](OC(=O)CCN(CCCCN)[N+]([O-])=NO)CC[C@]4(C)[C@H]3CC[C@]12C. The summed E-state index contributed by atoms with van der Waals surface area (Å²) in [5, 5.41) is 24.8. The van der Waals surface area contributed by atoms with E-state index in [1.54, 1.807) is 0 Å². The molecule has 4 aliphatic carbocycles. The van der Waals surface area contributed by atoms with Crippen LogP contribution in [0.15, 0.2) is 16.9 Å². The number of carbonyl (C=O) groups excluding carboxylic acids is 1. The number of ether oxygens (including phenoxy) is 1. The van der Waals surface area contributed by atoms with Crippen molar-refractivity contribution in [2.75, 3.05) is 19.6 Å². The molecule has 4 rings (SSSR count).